The maximum atomic E-state index is 11.5. The summed E-state index contributed by atoms with van der Waals surface area (Å²) in [6, 6.07) is 11.9. The Balaban J connectivity index is 2.01. The van der Waals surface area contributed by atoms with Crippen molar-refractivity contribution in [2.75, 3.05) is 0 Å². The Labute approximate surface area is 123 Å². The molecule has 0 saturated heterocycles. The number of hydrogen-bond donors (Lipinski definition) is 0. The molecule has 0 radical (unpaired) electrons. The molecule has 0 atom stereocenters. The molecule has 0 aliphatic carbocycles. The number of rotatable bonds is 2. The lowest BCUT2D eigenvalue weighted by atomic mass is 10.0. The molecule has 0 saturated carbocycles. The second-order valence-electron chi connectivity index (χ2n) is 5.28. The van der Waals surface area contributed by atoms with Gasteiger partial charge in [0.05, 0.1) is 9.79 Å². The van der Waals surface area contributed by atoms with Gasteiger partial charge in [0.1, 0.15) is 11.5 Å². The molecular formula is C17H16O2S. The summed E-state index contributed by atoms with van der Waals surface area (Å²) < 4.78 is 5.91. The molecule has 102 valence electrons. The molecule has 0 N–H and O–H groups in total. The van der Waals surface area contributed by atoms with Crippen LogP contribution in [0.1, 0.15) is 42.6 Å². The van der Waals surface area contributed by atoms with Gasteiger partial charge in [-0.05, 0) is 48.7 Å². The van der Waals surface area contributed by atoms with E-state index >= 15 is 0 Å². The lowest BCUT2D eigenvalue weighted by Gasteiger charge is -2.21. The van der Waals surface area contributed by atoms with Gasteiger partial charge < -0.3 is 4.74 Å². The molecular weight excluding hydrogens is 268 g/mol. The summed E-state index contributed by atoms with van der Waals surface area (Å²) >= 11 is 1.67. The predicted molar refractivity (Wildman–Crippen MR) is 81.2 cm³/mol. The van der Waals surface area contributed by atoms with Crippen molar-refractivity contribution in [3.8, 4) is 11.5 Å². The Kier molecular flexibility index (Phi) is 3.30. The summed E-state index contributed by atoms with van der Waals surface area (Å²) in [6.45, 7) is 5.94. The van der Waals surface area contributed by atoms with Crippen LogP contribution < -0.4 is 4.74 Å². The molecule has 1 aliphatic heterocycles. The molecule has 0 spiro atoms. The highest BCUT2D eigenvalue weighted by Crippen LogP contribution is 2.47. The zero-order valence-electron chi connectivity index (χ0n) is 11.8. The van der Waals surface area contributed by atoms with Crippen LogP contribution in [0.25, 0.3) is 0 Å². The van der Waals surface area contributed by atoms with Gasteiger partial charge in [-0.1, -0.05) is 31.7 Å². The van der Waals surface area contributed by atoms with Crippen LogP contribution in [0.5, 0.6) is 11.5 Å². The van der Waals surface area contributed by atoms with Crippen LogP contribution in [0.4, 0.5) is 0 Å². The topological polar surface area (TPSA) is 26.3 Å². The normalized spacial score (nSPS) is 12.6. The van der Waals surface area contributed by atoms with Crippen molar-refractivity contribution in [1.29, 1.82) is 0 Å². The van der Waals surface area contributed by atoms with Gasteiger partial charge >= 0.3 is 0 Å². The first-order valence-electron chi connectivity index (χ1n) is 6.69. The number of carbonyl (C=O) groups excluding carboxylic acids is 1. The van der Waals surface area contributed by atoms with Crippen molar-refractivity contribution < 1.29 is 9.53 Å². The van der Waals surface area contributed by atoms with Crippen molar-refractivity contribution in [1.82, 2.24) is 0 Å². The summed E-state index contributed by atoms with van der Waals surface area (Å²) in [5.41, 5.74) is 2.02. The number of fused-ring (bicyclic) bond motifs is 2. The molecule has 3 rings (SSSR count). The van der Waals surface area contributed by atoms with E-state index in [2.05, 4.69) is 26.0 Å². The Hall–Kier alpha value is -1.74. The molecule has 3 heteroatoms. The zero-order chi connectivity index (χ0) is 14.3. The van der Waals surface area contributed by atoms with Crippen LogP contribution >= 0.6 is 11.8 Å². The third-order valence-electron chi connectivity index (χ3n) is 3.42. The van der Waals surface area contributed by atoms with E-state index in [-0.39, 0.29) is 5.78 Å². The first-order chi connectivity index (χ1) is 9.54. The van der Waals surface area contributed by atoms with E-state index in [0.717, 1.165) is 26.9 Å². The van der Waals surface area contributed by atoms with E-state index < -0.39 is 0 Å². The summed E-state index contributed by atoms with van der Waals surface area (Å²) in [5.74, 6) is 2.29. The number of hydrogen-bond acceptors (Lipinski definition) is 3. The lowest BCUT2D eigenvalue weighted by molar-refractivity contribution is 0.101. The van der Waals surface area contributed by atoms with Crippen LogP contribution in [0, 0.1) is 0 Å². The quantitative estimate of drug-likeness (QED) is 0.600. The molecule has 0 bridgehead atoms. The largest absolute Gasteiger partial charge is 0.455 e. The van der Waals surface area contributed by atoms with Crippen LogP contribution in [0.15, 0.2) is 46.2 Å². The number of ether oxygens (including phenoxy) is 1. The minimum atomic E-state index is 0.0788. The monoisotopic (exact) mass is 284 g/mol. The minimum Gasteiger partial charge on any atom is -0.455 e. The molecule has 0 aromatic heterocycles. The summed E-state index contributed by atoms with van der Waals surface area (Å²) in [4.78, 5) is 13.6. The third kappa shape index (κ3) is 2.34. The molecule has 2 nitrogen and oxygen atoms in total. The van der Waals surface area contributed by atoms with Gasteiger partial charge in [-0.2, -0.15) is 0 Å². The maximum absolute atomic E-state index is 11.5. The standard InChI is InChI=1S/C17H16O2S/c1-10(2)12-4-6-14-16(8-12)20-17-9-13(11(3)18)5-7-15(17)19-14/h4-10H,1-3H3. The molecule has 1 heterocycles. The van der Waals surface area contributed by atoms with Gasteiger partial charge in [-0.25, -0.2) is 0 Å². The van der Waals surface area contributed by atoms with Gasteiger partial charge in [0.25, 0.3) is 0 Å². The molecule has 0 amide bonds. The molecule has 0 unspecified atom stereocenters. The fraction of sp³-hybridized carbons (Fsp3) is 0.235. The van der Waals surface area contributed by atoms with Gasteiger partial charge in [-0.15, -0.1) is 0 Å². The van der Waals surface area contributed by atoms with Crippen molar-refractivity contribution in [2.24, 2.45) is 0 Å². The van der Waals surface area contributed by atoms with Crippen LogP contribution in [-0.4, -0.2) is 5.78 Å². The second kappa shape index (κ2) is 4.98. The van der Waals surface area contributed by atoms with Crippen LogP contribution in [-0.2, 0) is 0 Å². The number of Topliss-reactive ketones (excluding diaryl/α,β-unsaturated/α-hetero) is 1. The smallest absolute Gasteiger partial charge is 0.159 e. The Morgan fingerprint density at radius 2 is 1.70 bits per heavy atom. The Morgan fingerprint density at radius 3 is 2.35 bits per heavy atom. The third-order valence-corrected chi connectivity index (χ3v) is 4.50. The van der Waals surface area contributed by atoms with Crippen molar-refractivity contribution in [2.45, 2.75) is 36.5 Å². The second-order valence-corrected chi connectivity index (χ2v) is 6.37. The van der Waals surface area contributed by atoms with Crippen LogP contribution in [0.2, 0.25) is 0 Å². The highest BCUT2D eigenvalue weighted by atomic mass is 32.2. The first kappa shape index (κ1) is 13.3. The number of carbonyl (C=O) groups is 1. The Morgan fingerprint density at radius 1 is 1.05 bits per heavy atom. The van der Waals surface area contributed by atoms with Crippen molar-refractivity contribution >= 4 is 17.5 Å². The summed E-state index contributed by atoms with van der Waals surface area (Å²) in [7, 11) is 0. The average molecular weight is 284 g/mol. The van der Waals surface area contributed by atoms with E-state index in [1.807, 2.05) is 24.3 Å². The van der Waals surface area contributed by atoms with Gasteiger partial charge in [-0.3, -0.25) is 4.79 Å². The van der Waals surface area contributed by atoms with E-state index in [9.17, 15) is 4.79 Å². The van der Waals surface area contributed by atoms with Crippen molar-refractivity contribution in [3.63, 3.8) is 0 Å². The maximum Gasteiger partial charge on any atom is 0.159 e. The zero-order valence-corrected chi connectivity index (χ0v) is 12.6. The SMILES string of the molecule is CC(=O)c1ccc2c(c1)Sc1cc(C(C)C)ccc1O2. The van der Waals surface area contributed by atoms with Gasteiger partial charge in [0, 0.05) is 5.56 Å². The lowest BCUT2D eigenvalue weighted by Crippen LogP contribution is -1.99. The summed E-state index contributed by atoms with van der Waals surface area (Å²) in [6.07, 6.45) is 0. The highest BCUT2D eigenvalue weighted by molar-refractivity contribution is 7.99. The fourth-order valence-corrected chi connectivity index (χ4v) is 3.21. The predicted octanol–water partition coefficient (Wildman–Crippen LogP) is 5.27. The van der Waals surface area contributed by atoms with Gasteiger partial charge in [0.2, 0.25) is 0 Å². The Bertz CT molecular complexity index is 689. The van der Waals surface area contributed by atoms with Gasteiger partial charge in [0.15, 0.2) is 5.78 Å². The molecule has 2 aromatic carbocycles. The average Bonchev–Trinajstić information content (AvgIpc) is 2.43. The molecule has 0 fully saturated rings. The minimum absolute atomic E-state index is 0.0788. The van der Waals surface area contributed by atoms with E-state index in [0.29, 0.717) is 5.92 Å². The van der Waals surface area contributed by atoms with Crippen LogP contribution in [0.3, 0.4) is 0 Å². The molecule has 20 heavy (non-hydrogen) atoms. The van der Waals surface area contributed by atoms with Crippen molar-refractivity contribution in [3.05, 3.63) is 47.5 Å². The molecule has 2 aromatic rings. The first-order valence-corrected chi connectivity index (χ1v) is 7.51. The molecule has 1 aliphatic rings. The van der Waals surface area contributed by atoms with E-state index in [1.165, 1.54) is 5.56 Å². The van der Waals surface area contributed by atoms with E-state index in [4.69, 9.17) is 4.74 Å². The fourth-order valence-electron chi connectivity index (χ4n) is 2.18. The van der Waals surface area contributed by atoms with E-state index in [1.54, 1.807) is 18.7 Å². The number of benzene rings is 2. The highest BCUT2D eigenvalue weighted by Gasteiger charge is 2.19. The summed E-state index contributed by atoms with van der Waals surface area (Å²) in [5, 5.41) is 0. The number of ketones is 1.